The van der Waals surface area contributed by atoms with Crippen molar-refractivity contribution < 1.29 is 19.4 Å². The zero-order valence-corrected chi connectivity index (χ0v) is 14.9. The van der Waals surface area contributed by atoms with E-state index in [9.17, 15) is 14.7 Å². The Hall–Kier alpha value is -2.82. The summed E-state index contributed by atoms with van der Waals surface area (Å²) in [5.74, 6) is -0.388. The molecule has 2 N–H and O–H groups in total. The summed E-state index contributed by atoms with van der Waals surface area (Å²) in [6.45, 7) is 5.56. The SMILES string of the molecule is COc1cccc(C(C)CC(=O)Nc2cc(C(=O)O)c(C)cc2C)c1. The Kier molecular flexibility index (Phi) is 5.80. The molecule has 1 amide bonds. The minimum absolute atomic E-state index is 0.0137. The number of rotatable bonds is 6. The molecule has 5 nitrogen and oxygen atoms in total. The van der Waals surface area contributed by atoms with Crippen LogP contribution in [0.5, 0.6) is 5.75 Å². The van der Waals surface area contributed by atoms with Crippen LogP contribution in [0.25, 0.3) is 0 Å². The van der Waals surface area contributed by atoms with Gasteiger partial charge in [0.2, 0.25) is 5.91 Å². The molecule has 0 spiro atoms. The molecular weight excluding hydrogens is 318 g/mol. The van der Waals surface area contributed by atoms with Gasteiger partial charge in [-0.25, -0.2) is 4.79 Å². The Balaban J connectivity index is 2.12. The number of ether oxygens (including phenoxy) is 1. The van der Waals surface area contributed by atoms with Crippen LogP contribution >= 0.6 is 0 Å². The quantitative estimate of drug-likeness (QED) is 0.828. The number of amides is 1. The maximum Gasteiger partial charge on any atom is 0.336 e. The highest BCUT2D eigenvalue weighted by molar-refractivity contribution is 5.95. The Morgan fingerprint density at radius 3 is 2.52 bits per heavy atom. The topological polar surface area (TPSA) is 75.6 Å². The molecule has 2 aromatic carbocycles. The summed E-state index contributed by atoms with van der Waals surface area (Å²) in [6, 6.07) is 10.9. The second kappa shape index (κ2) is 7.83. The number of carbonyl (C=O) groups is 2. The van der Waals surface area contributed by atoms with Crippen molar-refractivity contribution in [2.75, 3.05) is 12.4 Å². The van der Waals surface area contributed by atoms with Crippen LogP contribution in [0.4, 0.5) is 5.69 Å². The van der Waals surface area contributed by atoms with Crippen LogP contribution in [0.15, 0.2) is 36.4 Å². The molecule has 5 heteroatoms. The van der Waals surface area contributed by atoms with E-state index in [1.807, 2.05) is 38.1 Å². The second-order valence-electron chi connectivity index (χ2n) is 6.22. The predicted molar refractivity (Wildman–Crippen MR) is 97.5 cm³/mol. The van der Waals surface area contributed by atoms with Crippen LogP contribution < -0.4 is 10.1 Å². The largest absolute Gasteiger partial charge is 0.497 e. The van der Waals surface area contributed by atoms with Crippen LogP contribution in [0.2, 0.25) is 0 Å². The van der Waals surface area contributed by atoms with E-state index in [0.29, 0.717) is 17.7 Å². The highest BCUT2D eigenvalue weighted by Gasteiger charge is 2.15. The Morgan fingerprint density at radius 1 is 1.16 bits per heavy atom. The average Bonchev–Trinajstić information content (AvgIpc) is 2.56. The van der Waals surface area contributed by atoms with Gasteiger partial charge in [-0.3, -0.25) is 4.79 Å². The van der Waals surface area contributed by atoms with E-state index in [0.717, 1.165) is 16.9 Å². The normalized spacial score (nSPS) is 11.7. The van der Waals surface area contributed by atoms with Gasteiger partial charge < -0.3 is 15.2 Å². The molecule has 0 aliphatic heterocycles. The number of carbonyl (C=O) groups excluding carboxylic acids is 1. The number of aromatic carboxylic acids is 1. The number of anilines is 1. The number of carboxylic acid groups (broad SMARTS) is 1. The standard InChI is InChI=1S/C20H23NO4/c1-12(15-6-5-7-16(10-15)25-4)9-19(22)21-18-11-17(20(23)24)13(2)8-14(18)3/h5-8,10-12H,9H2,1-4H3,(H,21,22)(H,23,24). The molecule has 1 atom stereocenters. The van der Waals surface area contributed by atoms with Gasteiger partial charge in [-0.15, -0.1) is 0 Å². The third kappa shape index (κ3) is 4.59. The fourth-order valence-corrected chi connectivity index (χ4v) is 2.76. The number of benzene rings is 2. The van der Waals surface area contributed by atoms with E-state index in [-0.39, 0.29) is 17.4 Å². The van der Waals surface area contributed by atoms with Crippen molar-refractivity contribution in [3.05, 3.63) is 58.7 Å². The Morgan fingerprint density at radius 2 is 1.88 bits per heavy atom. The van der Waals surface area contributed by atoms with Crippen molar-refractivity contribution in [2.45, 2.75) is 33.1 Å². The number of hydrogen-bond donors (Lipinski definition) is 2. The molecule has 0 heterocycles. The summed E-state index contributed by atoms with van der Waals surface area (Å²) < 4.78 is 5.21. The number of carboxylic acids is 1. The zero-order chi connectivity index (χ0) is 18.6. The molecule has 0 saturated heterocycles. The van der Waals surface area contributed by atoms with Crippen LogP contribution in [0.1, 0.15) is 46.3 Å². The fourth-order valence-electron chi connectivity index (χ4n) is 2.76. The smallest absolute Gasteiger partial charge is 0.336 e. The predicted octanol–water partition coefficient (Wildman–Crippen LogP) is 4.14. The van der Waals surface area contributed by atoms with Gasteiger partial charge in [0, 0.05) is 12.1 Å². The maximum atomic E-state index is 12.4. The molecule has 0 bridgehead atoms. The number of aryl methyl sites for hydroxylation is 2. The Bertz CT molecular complexity index is 798. The lowest BCUT2D eigenvalue weighted by Crippen LogP contribution is -2.16. The molecule has 2 aromatic rings. The molecule has 1 unspecified atom stereocenters. The number of hydrogen-bond acceptors (Lipinski definition) is 3. The lowest BCUT2D eigenvalue weighted by Gasteiger charge is -2.15. The van der Waals surface area contributed by atoms with Gasteiger partial charge in [-0.05, 0) is 54.7 Å². The molecular formula is C20H23NO4. The van der Waals surface area contributed by atoms with E-state index in [2.05, 4.69) is 5.32 Å². The van der Waals surface area contributed by atoms with Gasteiger partial charge in [-0.2, -0.15) is 0 Å². The van der Waals surface area contributed by atoms with Crippen molar-refractivity contribution >= 4 is 17.6 Å². The van der Waals surface area contributed by atoms with Gasteiger partial charge in [-0.1, -0.05) is 25.1 Å². The first-order chi connectivity index (χ1) is 11.8. The van der Waals surface area contributed by atoms with Gasteiger partial charge in [0.1, 0.15) is 5.75 Å². The second-order valence-corrected chi connectivity index (χ2v) is 6.22. The van der Waals surface area contributed by atoms with Crippen LogP contribution in [0.3, 0.4) is 0 Å². The highest BCUT2D eigenvalue weighted by Crippen LogP contribution is 2.25. The van der Waals surface area contributed by atoms with Crippen LogP contribution in [-0.2, 0) is 4.79 Å². The summed E-state index contributed by atoms with van der Waals surface area (Å²) in [4.78, 5) is 23.6. The van der Waals surface area contributed by atoms with Crippen molar-refractivity contribution in [2.24, 2.45) is 0 Å². The fraction of sp³-hybridized carbons (Fsp3) is 0.300. The van der Waals surface area contributed by atoms with Gasteiger partial charge in [0.15, 0.2) is 0 Å². The summed E-state index contributed by atoms with van der Waals surface area (Å²) in [5, 5.41) is 12.1. The average molecular weight is 341 g/mol. The summed E-state index contributed by atoms with van der Waals surface area (Å²) in [6.07, 6.45) is 0.295. The third-order valence-electron chi connectivity index (χ3n) is 4.23. The first-order valence-corrected chi connectivity index (χ1v) is 8.10. The van der Waals surface area contributed by atoms with Gasteiger partial charge in [0.05, 0.1) is 12.7 Å². The summed E-state index contributed by atoms with van der Waals surface area (Å²) in [7, 11) is 1.61. The molecule has 0 radical (unpaired) electrons. The van der Waals surface area contributed by atoms with Gasteiger partial charge in [0.25, 0.3) is 0 Å². The minimum Gasteiger partial charge on any atom is -0.497 e. The molecule has 2 rings (SSSR count). The van der Waals surface area contributed by atoms with E-state index in [1.54, 1.807) is 20.1 Å². The lowest BCUT2D eigenvalue weighted by atomic mass is 9.97. The Labute approximate surface area is 147 Å². The third-order valence-corrected chi connectivity index (χ3v) is 4.23. The van der Waals surface area contributed by atoms with E-state index in [1.165, 1.54) is 6.07 Å². The molecule has 0 fully saturated rings. The molecule has 0 saturated carbocycles. The monoisotopic (exact) mass is 341 g/mol. The van der Waals surface area contributed by atoms with E-state index < -0.39 is 5.97 Å². The molecule has 132 valence electrons. The lowest BCUT2D eigenvalue weighted by molar-refractivity contribution is -0.116. The zero-order valence-electron chi connectivity index (χ0n) is 14.9. The van der Waals surface area contributed by atoms with E-state index in [4.69, 9.17) is 4.74 Å². The highest BCUT2D eigenvalue weighted by atomic mass is 16.5. The summed E-state index contributed by atoms with van der Waals surface area (Å²) >= 11 is 0. The van der Waals surface area contributed by atoms with Gasteiger partial charge >= 0.3 is 5.97 Å². The molecule has 0 aromatic heterocycles. The minimum atomic E-state index is -1.00. The van der Waals surface area contributed by atoms with Crippen molar-refractivity contribution in [3.63, 3.8) is 0 Å². The molecule has 25 heavy (non-hydrogen) atoms. The molecule has 0 aliphatic carbocycles. The first kappa shape index (κ1) is 18.5. The van der Waals surface area contributed by atoms with E-state index >= 15 is 0 Å². The number of methoxy groups -OCH3 is 1. The van der Waals surface area contributed by atoms with Crippen LogP contribution in [-0.4, -0.2) is 24.1 Å². The maximum absolute atomic E-state index is 12.4. The van der Waals surface area contributed by atoms with Crippen molar-refractivity contribution in [3.8, 4) is 5.75 Å². The van der Waals surface area contributed by atoms with Crippen molar-refractivity contribution in [1.82, 2.24) is 0 Å². The summed E-state index contributed by atoms with van der Waals surface area (Å²) in [5.41, 5.74) is 3.26. The van der Waals surface area contributed by atoms with Crippen LogP contribution in [0, 0.1) is 13.8 Å². The first-order valence-electron chi connectivity index (χ1n) is 8.10. The molecule has 0 aliphatic rings. The van der Waals surface area contributed by atoms with Crippen molar-refractivity contribution in [1.29, 1.82) is 0 Å². The number of nitrogens with one attached hydrogen (secondary N) is 1.